The smallest absolute Gasteiger partial charge is 0.208 e. The summed E-state index contributed by atoms with van der Waals surface area (Å²) in [5, 5.41) is 11.2. The van der Waals surface area contributed by atoms with Crippen LogP contribution in [0.1, 0.15) is 11.5 Å². The standard InChI is InChI=1S/C10H12ClN5S/c1-6-13-10(16-15-6)17-5-8-7(11)3-4-9(12-2)14-8/h3-4H,5H2,1-2H3,(H,12,14)(H,13,15,16). The first-order valence-electron chi connectivity index (χ1n) is 5.04. The van der Waals surface area contributed by atoms with Gasteiger partial charge in [0.05, 0.1) is 10.7 Å². The number of halogens is 1. The van der Waals surface area contributed by atoms with Gasteiger partial charge in [-0.05, 0) is 19.1 Å². The minimum absolute atomic E-state index is 0.644. The second-order valence-electron chi connectivity index (χ2n) is 3.37. The molecule has 2 rings (SSSR count). The summed E-state index contributed by atoms with van der Waals surface area (Å²) in [6.07, 6.45) is 0. The van der Waals surface area contributed by atoms with Gasteiger partial charge in [-0.25, -0.2) is 9.97 Å². The molecule has 0 amide bonds. The van der Waals surface area contributed by atoms with Crippen molar-refractivity contribution in [3.8, 4) is 0 Å². The third-order valence-corrected chi connectivity index (χ3v) is 3.29. The van der Waals surface area contributed by atoms with Gasteiger partial charge in [-0.2, -0.15) is 0 Å². The number of nitrogens with zero attached hydrogens (tertiary/aromatic N) is 3. The molecule has 0 spiro atoms. The monoisotopic (exact) mass is 269 g/mol. The van der Waals surface area contributed by atoms with E-state index in [1.165, 1.54) is 11.8 Å². The lowest BCUT2D eigenvalue weighted by molar-refractivity contribution is 0.968. The highest BCUT2D eigenvalue weighted by molar-refractivity contribution is 7.98. The first-order valence-corrected chi connectivity index (χ1v) is 6.40. The quantitative estimate of drug-likeness (QED) is 0.835. The molecule has 0 unspecified atom stereocenters. The summed E-state index contributed by atoms with van der Waals surface area (Å²) < 4.78 is 0. The lowest BCUT2D eigenvalue weighted by Crippen LogP contribution is -1.96. The second-order valence-corrected chi connectivity index (χ2v) is 4.72. The van der Waals surface area contributed by atoms with Crippen LogP contribution in [0.3, 0.4) is 0 Å². The predicted molar refractivity (Wildman–Crippen MR) is 69.5 cm³/mol. The molecule has 90 valence electrons. The van der Waals surface area contributed by atoms with E-state index in [0.717, 1.165) is 17.3 Å². The number of nitrogens with one attached hydrogen (secondary N) is 2. The van der Waals surface area contributed by atoms with Crippen LogP contribution in [0.4, 0.5) is 5.82 Å². The number of hydrogen-bond acceptors (Lipinski definition) is 5. The van der Waals surface area contributed by atoms with E-state index in [4.69, 9.17) is 11.6 Å². The van der Waals surface area contributed by atoms with E-state index < -0.39 is 0 Å². The Morgan fingerprint density at radius 3 is 2.88 bits per heavy atom. The SMILES string of the molecule is CNc1ccc(Cl)c(CSc2n[nH]c(C)n2)n1. The fraction of sp³-hybridized carbons (Fsp3) is 0.300. The van der Waals surface area contributed by atoms with Gasteiger partial charge >= 0.3 is 0 Å². The molecule has 0 aliphatic heterocycles. The number of H-pyrrole nitrogens is 1. The number of rotatable bonds is 4. The first kappa shape index (κ1) is 12.2. The van der Waals surface area contributed by atoms with Crippen molar-refractivity contribution in [2.75, 3.05) is 12.4 Å². The Hall–Kier alpha value is -1.27. The molecule has 0 atom stereocenters. The van der Waals surface area contributed by atoms with Gasteiger partial charge in [0.25, 0.3) is 0 Å². The van der Waals surface area contributed by atoms with Gasteiger partial charge in [0, 0.05) is 12.8 Å². The third-order valence-electron chi connectivity index (χ3n) is 2.09. The number of pyridine rings is 1. The van der Waals surface area contributed by atoms with Crippen molar-refractivity contribution in [2.45, 2.75) is 17.8 Å². The average Bonchev–Trinajstić information content (AvgIpc) is 2.74. The molecule has 2 aromatic heterocycles. The molecule has 17 heavy (non-hydrogen) atoms. The Labute approximate surface area is 108 Å². The highest BCUT2D eigenvalue weighted by atomic mass is 35.5. The van der Waals surface area contributed by atoms with Crippen LogP contribution in [-0.2, 0) is 5.75 Å². The van der Waals surface area contributed by atoms with E-state index >= 15 is 0 Å². The molecule has 0 radical (unpaired) electrons. The molecule has 2 heterocycles. The minimum atomic E-state index is 0.644. The molecule has 0 bridgehead atoms. The lowest BCUT2D eigenvalue weighted by Gasteiger charge is -2.04. The lowest BCUT2D eigenvalue weighted by atomic mass is 10.3. The fourth-order valence-electron chi connectivity index (χ4n) is 1.24. The van der Waals surface area contributed by atoms with Crippen molar-refractivity contribution in [2.24, 2.45) is 0 Å². The molecule has 0 fully saturated rings. The third kappa shape index (κ3) is 3.10. The topological polar surface area (TPSA) is 66.5 Å². The molecule has 2 N–H and O–H groups in total. The van der Waals surface area contributed by atoms with Crippen LogP contribution < -0.4 is 5.32 Å². The fourth-order valence-corrected chi connectivity index (χ4v) is 2.29. The number of hydrogen-bond donors (Lipinski definition) is 2. The van der Waals surface area contributed by atoms with Crippen molar-refractivity contribution in [1.29, 1.82) is 0 Å². The molecule has 2 aromatic rings. The summed E-state index contributed by atoms with van der Waals surface area (Å²) >= 11 is 7.57. The van der Waals surface area contributed by atoms with E-state index in [9.17, 15) is 0 Å². The number of thioether (sulfide) groups is 1. The maximum atomic E-state index is 6.07. The summed E-state index contributed by atoms with van der Waals surface area (Å²) in [5.41, 5.74) is 0.825. The Morgan fingerprint density at radius 1 is 1.41 bits per heavy atom. The van der Waals surface area contributed by atoms with Gasteiger partial charge in [0.15, 0.2) is 0 Å². The zero-order valence-electron chi connectivity index (χ0n) is 9.49. The molecule has 0 saturated heterocycles. The summed E-state index contributed by atoms with van der Waals surface area (Å²) in [6.45, 7) is 1.86. The minimum Gasteiger partial charge on any atom is -0.373 e. The van der Waals surface area contributed by atoms with Crippen LogP contribution in [-0.4, -0.2) is 27.2 Å². The molecule has 0 saturated carbocycles. The Balaban J connectivity index is 2.07. The maximum Gasteiger partial charge on any atom is 0.208 e. The maximum absolute atomic E-state index is 6.07. The van der Waals surface area contributed by atoms with Crippen LogP contribution >= 0.6 is 23.4 Å². The van der Waals surface area contributed by atoms with Gasteiger partial charge in [0.1, 0.15) is 11.6 Å². The highest BCUT2D eigenvalue weighted by Crippen LogP contribution is 2.24. The summed E-state index contributed by atoms with van der Waals surface area (Å²) in [4.78, 5) is 8.59. The van der Waals surface area contributed by atoms with E-state index in [0.29, 0.717) is 15.9 Å². The summed E-state index contributed by atoms with van der Waals surface area (Å²) in [7, 11) is 1.83. The summed E-state index contributed by atoms with van der Waals surface area (Å²) in [6, 6.07) is 3.67. The molecular weight excluding hydrogens is 258 g/mol. The zero-order valence-corrected chi connectivity index (χ0v) is 11.1. The summed E-state index contributed by atoms with van der Waals surface area (Å²) in [5.74, 6) is 2.25. The number of aryl methyl sites for hydroxylation is 1. The average molecular weight is 270 g/mol. The van der Waals surface area contributed by atoms with Crippen LogP contribution in [0.2, 0.25) is 5.02 Å². The van der Waals surface area contributed by atoms with Crippen molar-refractivity contribution < 1.29 is 0 Å². The van der Waals surface area contributed by atoms with E-state index in [2.05, 4.69) is 25.5 Å². The number of anilines is 1. The van der Waals surface area contributed by atoms with Crippen molar-refractivity contribution >= 4 is 29.2 Å². The van der Waals surface area contributed by atoms with Crippen LogP contribution in [0, 0.1) is 6.92 Å². The Bertz CT molecular complexity index is 513. The molecular formula is C10H12ClN5S. The van der Waals surface area contributed by atoms with Crippen LogP contribution in [0.25, 0.3) is 0 Å². The van der Waals surface area contributed by atoms with Crippen molar-refractivity contribution in [3.05, 3.63) is 28.7 Å². The van der Waals surface area contributed by atoms with Crippen LogP contribution in [0.15, 0.2) is 17.3 Å². The normalized spacial score (nSPS) is 10.5. The van der Waals surface area contributed by atoms with Gasteiger partial charge in [-0.15, -0.1) is 5.10 Å². The van der Waals surface area contributed by atoms with Crippen molar-refractivity contribution in [1.82, 2.24) is 20.2 Å². The first-order chi connectivity index (χ1) is 8.19. The predicted octanol–water partition coefficient (Wildman–Crippen LogP) is 2.50. The molecule has 5 nitrogen and oxygen atoms in total. The van der Waals surface area contributed by atoms with Gasteiger partial charge in [0.2, 0.25) is 5.16 Å². The largest absolute Gasteiger partial charge is 0.373 e. The Kier molecular flexibility index (Phi) is 3.86. The van der Waals surface area contributed by atoms with E-state index in [-0.39, 0.29) is 0 Å². The van der Waals surface area contributed by atoms with Gasteiger partial charge in [-0.3, -0.25) is 5.10 Å². The van der Waals surface area contributed by atoms with Gasteiger partial charge < -0.3 is 5.32 Å². The molecule has 0 aliphatic rings. The zero-order chi connectivity index (χ0) is 12.3. The van der Waals surface area contributed by atoms with E-state index in [1.54, 1.807) is 0 Å². The number of aromatic amines is 1. The van der Waals surface area contributed by atoms with Gasteiger partial charge in [-0.1, -0.05) is 23.4 Å². The molecule has 0 aliphatic carbocycles. The Morgan fingerprint density at radius 2 is 2.24 bits per heavy atom. The molecule has 7 heteroatoms. The molecule has 0 aromatic carbocycles. The van der Waals surface area contributed by atoms with Crippen molar-refractivity contribution in [3.63, 3.8) is 0 Å². The highest BCUT2D eigenvalue weighted by Gasteiger charge is 2.07. The number of aromatic nitrogens is 4. The van der Waals surface area contributed by atoms with E-state index in [1.807, 2.05) is 26.1 Å². The van der Waals surface area contributed by atoms with Crippen LogP contribution in [0.5, 0.6) is 0 Å². The second kappa shape index (κ2) is 5.37.